The van der Waals surface area contributed by atoms with E-state index in [9.17, 15) is 0 Å². The Morgan fingerprint density at radius 2 is 1.79 bits per heavy atom. The fourth-order valence-corrected chi connectivity index (χ4v) is 2.72. The van der Waals surface area contributed by atoms with Crippen LogP contribution < -0.4 is 5.73 Å². The molecular formula is C11H26N2S. The van der Waals surface area contributed by atoms with Crippen LogP contribution in [-0.2, 0) is 0 Å². The van der Waals surface area contributed by atoms with E-state index in [0.717, 1.165) is 6.42 Å². The van der Waals surface area contributed by atoms with Gasteiger partial charge >= 0.3 is 0 Å². The van der Waals surface area contributed by atoms with E-state index in [2.05, 4.69) is 32.6 Å². The lowest BCUT2D eigenvalue weighted by molar-refractivity contribution is 0.323. The Bertz CT molecular complexity index is 124. The lowest BCUT2D eigenvalue weighted by Crippen LogP contribution is -2.26. The smallest absolute Gasteiger partial charge is 0.00722 e. The molecule has 0 heterocycles. The molecule has 2 N–H and O–H groups in total. The van der Waals surface area contributed by atoms with Crippen LogP contribution >= 0.6 is 11.8 Å². The lowest BCUT2D eigenvalue weighted by atomic mass is 10.2. The zero-order valence-electron chi connectivity index (χ0n) is 10.1. The highest BCUT2D eigenvalue weighted by atomic mass is 32.2. The van der Waals surface area contributed by atoms with Gasteiger partial charge in [0.05, 0.1) is 0 Å². The molecule has 0 rings (SSSR count). The van der Waals surface area contributed by atoms with Crippen LogP contribution in [-0.4, -0.2) is 41.6 Å². The van der Waals surface area contributed by atoms with Crippen molar-refractivity contribution < 1.29 is 0 Å². The molecule has 0 amide bonds. The summed E-state index contributed by atoms with van der Waals surface area (Å²) in [4.78, 5) is 2.46. The molecule has 0 aromatic rings. The van der Waals surface area contributed by atoms with E-state index < -0.39 is 0 Å². The molecule has 0 saturated heterocycles. The molecule has 2 atom stereocenters. The van der Waals surface area contributed by atoms with Crippen molar-refractivity contribution in [2.45, 2.75) is 45.4 Å². The molecule has 86 valence electrons. The minimum atomic E-state index is 0.339. The quantitative estimate of drug-likeness (QED) is 0.677. The van der Waals surface area contributed by atoms with Crippen molar-refractivity contribution in [3.05, 3.63) is 0 Å². The molecule has 0 saturated carbocycles. The molecule has 0 spiro atoms. The van der Waals surface area contributed by atoms with Crippen molar-refractivity contribution in [3.8, 4) is 0 Å². The third kappa shape index (κ3) is 7.65. The van der Waals surface area contributed by atoms with Gasteiger partial charge in [-0.25, -0.2) is 0 Å². The molecule has 0 aromatic heterocycles. The number of nitrogens with two attached hydrogens (primary N) is 1. The first-order valence-corrected chi connectivity index (χ1v) is 6.74. The molecular weight excluding hydrogens is 192 g/mol. The third-order valence-corrected chi connectivity index (χ3v) is 3.59. The summed E-state index contributed by atoms with van der Waals surface area (Å²) in [7, 11) is 0. The van der Waals surface area contributed by atoms with Crippen LogP contribution in [0.25, 0.3) is 0 Å². The molecule has 2 unspecified atom stereocenters. The van der Waals surface area contributed by atoms with Crippen LogP contribution in [0.2, 0.25) is 0 Å². The van der Waals surface area contributed by atoms with Gasteiger partial charge in [0, 0.05) is 23.6 Å². The highest BCUT2D eigenvalue weighted by molar-refractivity contribution is 7.99. The molecule has 0 radical (unpaired) electrons. The minimum absolute atomic E-state index is 0.339. The third-order valence-electron chi connectivity index (χ3n) is 2.41. The average Bonchev–Trinajstić information content (AvgIpc) is 2.11. The average molecular weight is 218 g/mol. The van der Waals surface area contributed by atoms with Gasteiger partial charge in [-0.2, -0.15) is 11.8 Å². The first-order chi connectivity index (χ1) is 6.60. The standard InChI is InChI=1S/C11H26N2S/c1-5-13(6-2)7-8-14-11(4)9-10(3)12/h10-11H,5-9,12H2,1-4H3. The van der Waals surface area contributed by atoms with Crippen LogP contribution in [0.4, 0.5) is 0 Å². The van der Waals surface area contributed by atoms with Crippen LogP contribution in [0.5, 0.6) is 0 Å². The number of rotatable bonds is 8. The maximum atomic E-state index is 5.75. The van der Waals surface area contributed by atoms with Gasteiger partial charge < -0.3 is 10.6 Å². The van der Waals surface area contributed by atoms with E-state index in [4.69, 9.17) is 5.73 Å². The zero-order valence-corrected chi connectivity index (χ0v) is 10.9. The normalized spacial score (nSPS) is 15.9. The summed E-state index contributed by atoms with van der Waals surface area (Å²) in [6.45, 7) is 12.3. The summed E-state index contributed by atoms with van der Waals surface area (Å²) in [6, 6.07) is 0.339. The van der Waals surface area contributed by atoms with Crippen LogP contribution in [0.15, 0.2) is 0 Å². The molecule has 0 aliphatic carbocycles. The van der Waals surface area contributed by atoms with E-state index in [-0.39, 0.29) is 0 Å². The number of hydrogen-bond donors (Lipinski definition) is 1. The van der Waals surface area contributed by atoms with Crippen molar-refractivity contribution in [3.63, 3.8) is 0 Å². The number of thioether (sulfide) groups is 1. The van der Waals surface area contributed by atoms with Crippen molar-refractivity contribution in [2.24, 2.45) is 5.73 Å². The first kappa shape index (κ1) is 14.3. The zero-order chi connectivity index (χ0) is 11.0. The molecule has 2 nitrogen and oxygen atoms in total. The molecule has 3 heteroatoms. The predicted molar refractivity (Wildman–Crippen MR) is 68.0 cm³/mol. The number of hydrogen-bond acceptors (Lipinski definition) is 3. The summed E-state index contributed by atoms with van der Waals surface area (Å²) in [5.74, 6) is 1.23. The van der Waals surface area contributed by atoms with E-state index in [0.29, 0.717) is 11.3 Å². The predicted octanol–water partition coefficient (Wildman–Crippen LogP) is 2.19. The van der Waals surface area contributed by atoms with E-state index in [1.165, 1.54) is 25.4 Å². The Morgan fingerprint density at radius 1 is 1.21 bits per heavy atom. The SMILES string of the molecule is CCN(CC)CCSC(C)CC(C)N. The summed E-state index contributed by atoms with van der Waals surface area (Å²) < 4.78 is 0. The molecule has 0 bridgehead atoms. The van der Waals surface area contributed by atoms with Crippen molar-refractivity contribution >= 4 is 11.8 Å². The maximum absolute atomic E-state index is 5.75. The van der Waals surface area contributed by atoms with Gasteiger partial charge in [-0.3, -0.25) is 0 Å². The van der Waals surface area contributed by atoms with Gasteiger partial charge in [-0.15, -0.1) is 0 Å². The van der Waals surface area contributed by atoms with Crippen molar-refractivity contribution in [1.29, 1.82) is 0 Å². The second-order valence-electron chi connectivity index (χ2n) is 3.92. The topological polar surface area (TPSA) is 29.3 Å². The van der Waals surface area contributed by atoms with Crippen molar-refractivity contribution in [1.82, 2.24) is 4.90 Å². The summed E-state index contributed by atoms with van der Waals surface area (Å²) in [5.41, 5.74) is 5.75. The summed E-state index contributed by atoms with van der Waals surface area (Å²) in [5, 5.41) is 0.700. The molecule has 0 fully saturated rings. The van der Waals surface area contributed by atoms with Crippen molar-refractivity contribution in [2.75, 3.05) is 25.4 Å². The van der Waals surface area contributed by atoms with Crippen LogP contribution in [0.3, 0.4) is 0 Å². The fourth-order valence-electron chi connectivity index (χ4n) is 1.51. The Morgan fingerprint density at radius 3 is 2.21 bits per heavy atom. The Balaban J connectivity index is 3.42. The first-order valence-electron chi connectivity index (χ1n) is 5.69. The van der Waals surface area contributed by atoms with Gasteiger partial charge in [0.1, 0.15) is 0 Å². The summed E-state index contributed by atoms with van der Waals surface area (Å²) in [6.07, 6.45) is 1.13. The van der Waals surface area contributed by atoms with Gasteiger partial charge in [0.15, 0.2) is 0 Å². The Labute approximate surface area is 93.6 Å². The van der Waals surface area contributed by atoms with E-state index in [1.807, 2.05) is 11.8 Å². The fraction of sp³-hybridized carbons (Fsp3) is 1.00. The van der Waals surface area contributed by atoms with Crippen LogP contribution in [0.1, 0.15) is 34.1 Å². The number of nitrogens with zero attached hydrogens (tertiary/aromatic N) is 1. The largest absolute Gasteiger partial charge is 0.328 e. The van der Waals surface area contributed by atoms with E-state index in [1.54, 1.807) is 0 Å². The second kappa shape index (κ2) is 8.57. The van der Waals surface area contributed by atoms with Crippen LogP contribution in [0, 0.1) is 0 Å². The Kier molecular flexibility index (Phi) is 8.73. The molecule has 0 aromatic carbocycles. The highest BCUT2D eigenvalue weighted by Gasteiger charge is 2.06. The molecule has 14 heavy (non-hydrogen) atoms. The maximum Gasteiger partial charge on any atom is 0.00722 e. The molecule has 0 aliphatic rings. The van der Waals surface area contributed by atoms with Gasteiger partial charge in [0.2, 0.25) is 0 Å². The molecule has 0 aliphatic heterocycles. The van der Waals surface area contributed by atoms with Gasteiger partial charge in [-0.1, -0.05) is 20.8 Å². The van der Waals surface area contributed by atoms with Gasteiger partial charge in [-0.05, 0) is 26.4 Å². The Hall–Kier alpha value is 0.270. The second-order valence-corrected chi connectivity index (χ2v) is 5.47. The monoisotopic (exact) mass is 218 g/mol. The minimum Gasteiger partial charge on any atom is -0.328 e. The highest BCUT2D eigenvalue weighted by Crippen LogP contribution is 2.15. The summed E-state index contributed by atoms with van der Waals surface area (Å²) >= 11 is 2.04. The lowest BCUT2D eigenvalue weighted by Gasteiger charge is -2.19. The van der Waals surface area contributed by atoms with Gasteiger partial charge in [0.25, 0.3) is 0 Å². The van der Waals surface area contributed by atoms with E-state index >= 15 is 0 Å².